The molecule has 10 heavy (non-hydrogen) atoms. The van der Waals surface area contributed by atoms with Crippen LogP contribution >= 0.6 is 0 Å². The van der Waals surface area contributed by atoms with Crippen molar-refractivity contribution in [2.75, 3.05) is 6.54 Å². The molecule has 1 aliphatic rings. The third kappa shape index (κ3) is 1.65. The predicted molar refractivity (Wildman–Crippen MR) is 31.1 cm³/mol. The van der Waals surface area contributed by atoms with Crippen LogP contribution in [0, 0.1) is 0 Å². The van der Waals surface area contributed by atoms with Gasteiger partial charge in [-0.2, -0.15) is 13.2 Å². The molecule has 0 N–H and O–H groups in total. The second-order valence-electron chi connectivity index (χ2n) is 2.19. The lowest BCUT2D eigenvalue weighted by Gasteiger charge is -2.25. The fourth-order valence-corrected chi connectivity index (χ4v) is 0.867. The highest BCUT2D eigenvalue weighted by Crippen LogP contribution is 2.23. The maximum absolute atomic E-state index is 11.8. The van der Waals surface area contributed by atoms with E-state index in [2.05, 4.69) is 0 Å². The van der Waals surface area contributed by atoms with Gasteiger partial charge >= 0.3 is 6.30 Å². The van der Waals surface area contributed by atoms with Crippen molar-refractivity contribution in [2.45, 2.75) is 19.1 Å². The molecule has 0 aromatic rings. The molecule has 1 heterocycles. The first-order chi connectivity index (χ1) is 4.61. The van der Waals surface area contributed by atoms with E-state index in [0.29, 0.717) is 11.3 Å². The molecule has 4 heteroatoms. The quantitative estimate of drug-likeness (QED) is 0.479. The van der Waals surface area contributed by atoms with Crippen LogP contribution in [0.15, 0.2) is 12.3 Å². The van der Waals surface area contributed by atoms with E-state index in [1.165, 1.54) is 6.08 Å². The van der Waals surface area contributed by atoms with Crippen LogP contribution in [0.2, 0.25) is 0 Å². The van der Waals surface area contributed by atoms with Gasteiger partial charge in [0.15, 0.2) is 0 Å². The van der Waals surface area contributed by atoms with Gasteiger partial charge in [0, 0.05) is 12.7 Å². The average molecular weight is 151 g/mol. The van der Waals surface area contributed by atoms with Crippen LogP contribution < -0.4 is 0 Å². The molecule has 1 nitrogen and oxygen atoms in total. The molecule has 1 aliphatic heterocycles. The van der Waals surface area contributed by atoms with Gasteiger partial charge in [-0.25, -0.2) is 0 Å². The standard InChI is InChI=1S/C6H8F3N/c7-6(8,9)10-4-2-1-3-5-10/h2,4H,1,3,5H2. The van der Waals surface area contributed by atoms with Crippen LogP contribution in [0.4, 0.5) is 13.2 Å². The molecular weight excluding hydrogens is 143 g/mol. The summed E-state index contributed by atoms with van der Waals surface area (Å²) in [4.78, 5) is 0.399. The van der Waals surface area contributed by atoms with Crippen LogP contribution in [0.25, 0.3) is 0 Å². The summed E-state index contributed by atoms with van der Waals surface area (Å²) >= 11 is 0. The Hall–Kier alpha value is -0.670. The van der Waals surface area contributed by atoms with Crippen molar-refractivity contribution in [1.29, 1.82) is 0 Å². The maximum Gasteiger partial charge on any atom is 0.484 e. The molecule has 0 aliphatic carbocycles. The van der Waals surface area contributed by atoms with Crippen molar-refractivity contribution in [3.8, 4) is 0 Å². The molecular formula is C6H8F3N. The minimum atomic E-state index is -4.18. The van der Waals surface area contributed by atoms with Gasteiger partial charge in [-0.1, -0.05) is 6.08 Å². The Kier molecular flexibility index (Phi) is 1.87. The number of alkyl halides is 3. The minimum absolute atomic E-state index is 0.0972. The van der Waals surface area contributed by atoms with Crippen LogP contribution in [0.5, 0.6) is 0 Å². The first kappa shape index (κ1) is 7.44. The Morgan fingerprint density at radius 2 is 2.00 bits per heavy atom. The zero-order valence-corrected chi connectivity index (χ0v) is 5.36. The van der Waals surface area contributed by atoms with Gasteiger partial charge in [0.05, 0.1) is 0 Å². The molecule has 0 saturated carbocycles. The highest BCUT2D eigenvalue weighted by molar-refractivity contribution is 4.88. The summed E-state index contributed by atoms with van der Waals surface area (Å²) in [7, 11) is 0. The molecule has 0 radical (unpaired) electrons. The third-order valence-corrected chi connectivity index (χ3v) is 1.38. The average Bonchev–Trinajstić information content (AvgIpc) is 1.88. The van der Waals surface area contributed by atoms with Gasteiger partial charge < -0.3 is 0 Å². The van der Waals surface area contributed by atoms with Crippen molar-refractivity contribution in [2.24, 2.45) is 0 Å². The van der Waals surface area contributed by atoms with Gasteiger partial charge in [0.2, 0.25) is 0 Å². The Labute approximate surface area is 57.1 Å². The highest BCUT2D eigenvalue weighted by Gasteiger charge is 2.34. The van der Waals surface area contributed by atoms with Crippen LogP contribution in [0.1, 0.15) is 12.8 Å². The van der Waals surface area contributed by atoms with Crippen molar-refractivity contribution < 1.29 is 13.2 Å². The number of hydrogen-bond donors (Lipinski definition) is 0. The van der Waals surface area contributed by atoms with Crippen LogP contribution in [-0.4, -0.2) is 17.7 Å². The fraction of sp³-hybridized carbons (Fsp3) is 0.667. The van der Waals surface area contributed by atoms with E-state index in [1.807, 2.05) is 0 Å². The molecule has 0 fully saturated rings. The number of halogens is 3. The van der Waals surface area contributed by atoms with E-state index >= 15 is 0 Å². The van der Waals surface area contributed by atoms with E-state index in [-0.39, 0.29) is 6.54 Å². The molecule has 0 aromatic carbocycles. The normalized spacial score (nSPS) is 19.7. The molecule has 0 saturated heterocycles. The Morgan fingerprint density at radius 1 is 1.30 bits per heavy atom. The maximum atomic E-state index is 11.8. The number of hydrogen-bond acceptors (Lipinski definition) is 1. The summed E-state index contributed by atoms with van der Waals surface area (Å²) in [5.41, 5.74) is 0. The molecule has 0 aromatic heterocycles. The Morgan fingerprint density at radius 3 is 2.30 bits per heavy atom. The van der Waals surface area contributed by atoms with Crippen molar-refractivity contribution in [1.82, 2.24) is 4.90 Å². The largest absolute Gasteiger partial charge is 0.484 e. The summed E-state index contributed by atoms with van der Waals surface area (Å²) in [6.45, 7) is 0.0972. The minimum Gasteiger partial charge on any atom is -0.291 e. The lowest BCUT2D eigenvalue weighted by Crippen LogP contribution is -2.35. The SMILES string of the molecule is FC(F)(F)N1C=CCCC1. The van der Waals surface area contributed by atoms with Gasteiger partial charge in [0.1, 0.15) is 0 Å². The summed E-state index contributed by atoms with van der Waals surface area (Å²) in [5, 5.41) is 0. The fourth-order valence-electron chi connectivity index (χ4n) is 0.867. The molecule has 58 valence electrons. The third-order valence-electron chi connectivity index (χ3n) is 1.38. The van der Waals surface area contributed by atoms with Crippen molar-refractivity contribution in [3.05, 3.63) is 12.3 Å². The first-order valence-corrected chi connectivity index (χ1v) is 3.11. The predicted octanol–water partition coefficient (Wildman–Crippen LogP) is 2.12. The number of nitrogens with zero attached hydrogens (tertiary/aromatic N) is 1. The highest BCUT2D eigenvalue weighted by atomic mass is 19.4. The topological polar surface area (TPSA) is 3.24 Å². The van der Waals surface area contributed by atoms with Gasteiger partial charge in [-0.05, 0) is 12.8 Å². The number of rotatable bonds is 0. The number of allylic oxidation sites excluding steroid dienone is 1. The van der Waals surface area contributed by atoms with E-state index in [1.54, 1.807) is 0 Å². The molecule has 0 unspecified atom stereocenters. The molecule has 0 bridgehead atoms. The summed E-state index contributed by atoms with van der Waals surface area (Å²) < 4.78 is 35.4. The monoisotopic (exact) mass is 151 g/mol. The molecule has 1 rings (SSSR count). The molecule has 0 amide bonds. The zero-order valence-electron chi connectivity index (χ0n) is 5.36. The van der Waals surface area contributed by atoms with Crippen molar-refractivity contribution in [3.63, 3.8) is 0 Å². The van der Waals surface area contributed by atoms with Crippen LogP contribution in [-0.2, 0) is 0 Å². The molecule has 0 spiro atoms. The first-order valence-electron chi connectivity index (χ1n) is 3.11. The summed E-state index contributed by atoms with van der Waals surface area (Å²) in [5.74, 6) is 0. The van der Waals surface area contributed by atoms with E-state index in [9.17, 15) is 13.2 Å². The second-order valence-corrected chi connectivity index (χ2v) is 2.19. The van der Waals surface area contributed by atoms with E-state index in [4.69, 9.17) is 0 Å². The lowest BCUT2D eigenvalue weighted by molar-refractivity contribution is -0.228. The van der Waals surface area contributed by atoms with Gasteiger partial charge in [0.25, 0.3) is 0 Å². The van der Waals surface area contributed by atoms with Crippen molar-refractivity contribution >= 4 is 0 Å². The van der Waals surface area contributed by atoms with Gasteiger partial charge in [-0.15, -0.1) is 0 Å². The van der Waals surface area contributed by atoms with Crippen LogP contribution in [0.3, 0.4) is 0 Å². The Bertz CT molecular complexity index is 138. The van der Waals surface area contributed by atoms with E-state index < -0.39 is 6.30 Å². The summed E-state index contributed by atoms with van der Waals surface area (Å²) in [6, 6.07) is 0. The molecule has 0 atom stereocenters. The zero-order chi connectivity index (χ0) is 7.61. The van der Waals surface area contributed by atoms with Gasteiger partial charge in [-0.3, -0.25) is 4.90 Å². The summed E-state index contributed by atoms with van der Waals surface area (Å²) in [6.07, 6.45) is -0.194. The smallest absolute Gasteiger partial charge is 0.291 e. The van der Waals surface area contributed by atoms with E-state index in [0.717, 1.165) is 12.6 Å². The second kappa shape index (κ2) is 2.52. The lowest BCUT2D eigenvalue weighted by atomic mass is 10.2. The Balaban J connectivity index is 2.55.